The average Bonchev–Trinajstić information content (AvgIpc) is 2.34. The van der Waals surface area contributed by atoms with Crippen LogP contribution < -0.4 is 0 Å². The Morgan fingerprint density at radius 3 is 1.86 bits per heavy atom. The second-order valence-electron chi connectivity index (χ2n) is 7.75. The van der Waals surface area contributed by atoms with E-state index in [0.29, 0.717) is 13.0 Å². The van der Waals surface area contributed by atoms with Gasteiger partial charge >= 0.3 is 5.97 Å². The van der Waals surface area contributed by atoms with E-state index in [-0.39, 0.29) is 10.6 Å². The Hall–Kier alpha value is -0.876. The van der Waals surface area contributed by atoms with Gasteiger partial charge in [-0.2, -0.15) is 0 Å². The van der Waals surface area contributed by atoms with E-state index in [1.54, 1.807) is 0 Å². The van der Waals surface area contributed by atoms with Gasteiger partial charge in [0.05, 0.1) is 29.2 Å². The molecule has 0 amide bonds. The lowest BCUT2D eigenvalue weighted by Crippen LogP contribution is -2.64. The molecule has 118 valence electrons. The first-order chi connectivity index (χ1) is 9.56. The summed E-state index contributed by atoms with van der Waals surface area (Å²) in [5, 5.41) is 0. The maximum atomic E-state index is 12.3. The first kappa shape index (κ1) is 18.2. The Balaban J connectivity index is 3.48. The highest BCUT2D eigenvalue weighted by atomic mass is 28.4. The molecule has 1 aromatic rings. The van der Waals surface area contributed by atoms with Crippen molar-refractivity contribution in [2.45, 2.75) is 57.3 Å². The lowest BCUT2D eigenvalue weighted by molar-refractivity contribution is -0.143. The highest BCUT2D eigenvalue weighted by Crippen LogP contribution is 2.45. The van der Waals surface area contributed by atoms with E-state index >= 15 is 0 Å². The third-order valence-electron chi connectivity index (χ3n) is 4.54. The topological polar surface area (TPSA) is 26.3 Å². The fourth-order valence-corrected chi connectivity index (χ4v) is 16.2. The van der Waals surface area contributed by atoms with Crippen molar-refractivity contribution in [2.75, 3.05) is 6.61 Å². The van der Waals surface area contributed by atoms with Crippen LogP contribution in [-0.2, 0) is 14.2 Å². The van der Waals surface area contributed by atoms with E-state index in [1.165, 1.54) is 5.56 Å². The van der Waals surface area contributed by atoms with E-state index in [9.17, 15) is 4.79 Å². The van der Waals surface area contributed by atoms with Crippen LogP contribution in [0.3, 0.4) is 0 Å². The second-order valence-corrected chi connectivity index (χ2v) is 19.0. The predicted molar refractivity (Wildman–Crippen MR) is 96.1 cm³/mol. The van der Waals surface area contributed by atoms with Crippen molar-refractivity contribution in [2.24, 2.45) is 0 Å². The molecule has 0 aliphatic carbocycles. The molecule has 0 fully saturated rings. The fourth-order valence-electron chi connectivity index (χ4n) is 3.77. The van der Waals surface area contributed by atoms with Gasteiger partial charge in [-0.3, -0.25) is 4.79 Å². The number of carbonyl (C=O) groups is 1. The van der Waals surface area contributed by atoms with Crippen molar-refractivity contribution in [3.63, 3.8) is 0 Å². The van der Waals surface area contributed by atoms with Gasteiger partial charge in [-0.15, -0.1) is 0 Å². The minimum Gasteiger partial charge on any atom is -0.466 e. The molecule has 0 aliphatic rings. The molecule has 1 rings (SSSR count). The Labute approximate surface area is 131 Å². The first-order valence-electron chi connectivity index (χ1n) is 7.77. The molecule has 0 unspecified atom stereocenters. The minimum atomic E-state index is -1.64. The number of carbonyl (C=O) groups excluding carboxylic acids is 1. The van der Waals surface area contributed by atoms with Crippen molar-refractivity contribution in [1.29, 1.82) is 0 Å². The second kappa shape index (κ2) is 6.48. The van der Waals surface area contributed by atoms with Crippen LogP contribution in [0.1, 0.15) is 18.9 Å². The van der Waals surface area contributed by atoms with Crippen LogP contribution in [0.2, 0.25) is 39.3 Å². The summed E-state index contributed by atoms with van der Waals surface area (Å²) in [7, 11) is -3.29. The molecule has 0 spiro atoms. The molecule has 0 atom stereocenters. The summed E-state index contributed by atoms with van der Waals surface area (Å²) in [5.41, 5.74) is 1.33. The molecule has 0 saturated carbocycles. The number of benzene rings is 1. The molecule has 0 saturated heterocycles. The maximum Gasteiger partial charge on any atom is 0.306 e. The van der Waals surface area contributed by atoms with E-state index in [1.807, 2.05) is 13.0 Å². The van der Waals surface area contributed by atoms with Crippen molar-refractivity contribution in [3.8, 4) is 0 Å². The normalized spacial score (nSPS) is 13.1. The minimum absolute atomic E-state index is 0.00644. The third kappa shape index (κ3) is 3.66. The van der Waals surface area contributed by atoms with Gasteiger partial charge in [-0.1, -0.05) is 69.6 Å². The maximum absolute atomic E-state index is 12.3. The summed E-state index contributed by atoms with van der Waals surface area (Å²) in [6.07, 6.45) is 0.524. The number of rotatable bonds is 6. The summed E-state index contributed by atoms with van der Waals surface area (Å²) in [4.78, 5) is 12.3. The molecule has 0 heterocycles. The summed E-state index contributed by atoms with van der Waals surface area (Å²) in [6.45, 7) is 16.7. The molecule has 4 heteroatoms. The third-order valence-corrected chi connectivity index (χ3v) is 15.1. The fraction of sp³-hybridized carbons (Fsp3) is 0.588. The van der Waals surface area contributed by atoms with Gasteiger partial charge in [0.15, 0.2) is 0 Å². The molecule has 21 heavy (non-hydrogen) atoms. The smallest absolute Gasteiger partial charge is 0.306 e. The van der Waals surface area contributed by atoms with Gasteiger partial charge in [0, 0.05) is 0 Å². The predicted octanol–water partition coefficient (Wildman–Crippen LogP) is 4.63. The van der Waals surface area contributed by atoms with Gasteiger partial charge in [-0.25, -0.2) is 0 Å². The summed E-state index contributed by atoms with van der Waals surface area (Å²) >= 11 is 0. The van der Waals surface area contributed by atoms with Crippen LogP contribution in [0.4, 0.5) is 0 Å². The molecular weight excluding hydrogens is 292 g/mol. The van der Waals surface area contributed by atoms with Crippen LogP contribution in [0.25, 0.3) is 0 Å². The lowest BCUT2D eigenvalue weighted by Gasteiger charge is -2.52. The van der Waals surface area contributed by atoms with E-state index < -0.39 is 16.1 Å². The summed E-state index contributed by atoms with van der Waals surface area (Å²) < 4.78 is 5.31. The molecule has 0 radical (unpaired) electrons. The van der Waals surface area contributed by atoms with Gasteiger partial charge < -0.3 is 4.74 Å². The lowest BCUT2D eigenvalue weighted by atomic mass is 10.1. The Bertz CT molecular complexity index is 456. The first-order valence-corrected chi connectivity index (χ1v) is 14.8. The van der Waals surface area contributed by atoms with E-state index in [2.05, 4.69) is 63.5 Å². The Morgan fingerprint density at radius 1 is 1.00 bits per heavy atom. The SMILES string of the molecule is CCOC(=O)CC(c1ccccc1)([Si](C)(C)C)[Si](C)(C)C. The molecule has 1 aromatic carbocycles. The zero-order valence-corrected chi connectivity index (χ0v) is 16.6. The van der Waals surface area contributed by atoms with Crippen LogP contribution in [0, 0.1) is 0 Å². The van der Waals surface area contributed by atoms with Gasteiger partial charge in [0.1, 0.15) is 0 Å². The monoisotopic (exact) mass is 322 g/mol. The number of ether oxygens (including phenoxy) is 1. The zero-order chi connectivity index (χ0) is 16.3. The van der Waals surface area contributed by atoms with Crippen LogP contribution in [0.5, 0.6) is 0 Å². The molecule has 0 N–H and O–H groups in total. The highest BCUT2D eigenvalue weighted by molar-refractivity contribution is 6.98. The molecule has 2 nitrogen and oxygen atoms in total. The molecule has 0 aliphatic heterocycles. The number of hydrogen-bond acceptors (Lipinski definition) is 2. The Kier molecular flexibility index (Phi) is 5.61. The van der Waals surface area contributed by atoms with Gasteiger partial charge in [-0.05, 0) is 17.1 Å². The molecule has 0 aromatic heterocycles. The van der Waals surface area contributed by atoms with E-state index in [4.69, 9.17) is 4.74 Å². The van der Waals surface area contributed by atoms with Crippen molar-refractivity contribution in [1.82, 2.24) is 0 Å². The number of esters is 1. The van der Waals surface area contributed by atoms with Crippen molar-refractivity contribution in [3.05, 3.63) is 35.9 Å². The van der Waals surface area contributed by atoms with Gasteiger partial charge in [0.2, 0.25) is 0 Å². The van der Waals surface area contributed by atoms with Crippen molar-refractivity contribution < 1.29 is 9.53 Å². The quantitative estimate of drug-likeness (QED) is 0.563. The Morgan fingerprint density at radius 2 is 1.48 bits per heavy atom. The van der Waals surface area contributed by atoms with E-state index in [0.717, 1.165) is 0 Å². The van der Waals surface area contributed by atoms with Crippen LogP contribution in [0.15, 0.2) is 30.3 Å². The summed E-state index contributed by atoms with van der Waals surface area (Å²) in [6, 6.07) is 10.6. The largest absolute Gasteiger partial charge is 0.466 e. The van der Waals surface area contributed by atoms with Crippen LogP contribution >= 0.6 is 0 Å². The van der Waals surface area contributed by atoms with Gasteiger partial charge in [0.25, 0.3) is 0 Å². The van der Waals surface area contributed by atoms with Crippen LogP contribution in [-0.4, -0.2) is 28.7 Å². The summed E-state index contributed by atoms with van der Waals surface area (Å²) in [5.74, 6) is -0.0498. The molecular formula is C17H30O2Si2. The highest BCUT2D eigenvalue weighted by Gasteiger charge is 2.54. The molecule has 0 bridgehead atoms. The van der Waals surface area contributed by atoms with Crippen molar-refractivity contribution >= 4 is 22.1 Å². The average molecular weight is 323 g/mol. The zero-order valence-electron chi connectivity index (χ0n) is 14.6. The number of hydrogen-bond donors (Lipinski definition) is 0. The standard InChI is InChI=1S/C17H30O2Si2/c1-8-19-16(18)14-17(20(2,3)4,21(5,6)7)15-12-10-9-11-13-15/h9-13H,8,14H2,1-7H3.